The number of alkyl halides is 3. The van der Waals surface area contributed by atoms with Gasteiger partial charge in [0.15, 0.2) is 0 Å². The Hall–Kier alpha value is -2.62. The highest BCUT2D eigenvalue weighted by Gasteiger charge is 2.30. The Labute approximate surface area is 173 Å². The van der Waals surface area contributed by atoms with Crippen LogP contribution >= 0.6 is 15.9 Å². The number of benzene rings is 1. The number of carbonyl (C=O) groups excluding carboxylic acids is 1. The summed E-state index contributed by atoms with van der Waals surface area (Å²) in [5.74, 6) is -0.357. The van der Waals surface area contributed by atoms with Crippen molar-refractivity contribution >= 4 is 27.5 Å². The Balaban J connectivity index is 1.87. The minimum Gasteiger partial charge on any atom is -0.317 e. The molecular weight excluding hydrogens is 451 g/mol. The summed E-state index contributed by atoms with van der Waals surface area (Å²) in [5.41, 5.74) is 2.54. The molecule has 0 saturated carbocycles. The summed E-state index contributed by atoms with van der Waals surface area (Å²) in [5, 5.41) is 11.4. The van der Waals surface area contributed by atoms with Crippen LogP contribution in [0.2, 0.25) is 0 Å². The van der Waals surface area contributed by atoms with Gasteiger partial charge >= 0.3 is 6.18 Å². The number of hydrogen-bond acceptors (Lipinski definition) is 3. The van der Waals surface area contributed by atoms with Gasteiger partial charge in [-0.1, -0.05) is 12.1 Å². The lowest BCUT2D eigenvalue weighted by Crippen LogP contribution is -2.17. The van der Waals surface area contributed by atoms with Crippen molar-refractivity contribution in [1.29, 1.82) is 0 Å². The van der Waals surface area contributed by atoms with E-state index in [1.54, 1.807) is 38.6 Å². The van der Waals surface area contributed by atoms with Crippen molar-refractivity contribution in [1.82, 2.24) is 19.6 Å². The third-order valence-corrected chi connectivity index (χ3v) is 5.52. The van der Waals surface area contributed by atoms with Crippen molar-refractivity contribution in [3.63, 3.8) is 0 Å². The molecule has 0 aliphatic rings. The molecule has 0 spiro atoms. The summed E-state index contributed by atoms with van der Waals surface area (Å²) in [4.78, 5) is 12.7. The molecule has 0 radical (unpaired) electrons. The van der Waals surface area contributed by atoms with Crippen LogP contribution in [0.4, 0.5) is 18.9 Å². The fraction of sp³-hybridized carbons (Fsp3) is 0.316. The molecule has 3 rings (SSSR count). The monoisotopic (exact) mass is 469 g/mol. The first-order chi connectivity index (χ1) is 13.5. The summed E-state index contributed by atoms with van der Waals surface area (Å²) in [6, 6.07) is 5.11. The van der Waals surface area contributed by atoms with E-state index in [1.807, 2.05) is 0 Å². The molecule has 2 heterocycles. The van der Waals surface area contributed by atoms with E-state index in [4.69, 9.17) is 0 Å². The Morgan fingerprint density at radius 1 is 1.17 bits per heavy atom. The van der Waals surface area contributed by atoms with Crippen LogP contribution in [0.25, 0.3) is 0 Å². The van der Waals surface area contributed by atoms with Gasteiger partial charge in [-0.3, -0.25) is 14.2 Å². The summed E-state index contributed by atoms with van der Waals surface area (Å²) in [6.45, 7) is 5.42. The first-order valence-corrected chi connectivity index (χ1v) is 9.49. The van der Waals surface area contributed by atoms with E-state index in [-0.39, 0.29) is 12.5 Å². The average molecular weight is 470 g/mol. The maximum absolute atomic E-state index is 12.9. The van der Waals surface area contributed by atoms with Gasteiger partial charge in [0.05, 0.1) is 39.4 Å². The molecule has 1 aromatic carbocycles. The standard InChI is InChI=1S/C19H19BrF3N5O/c1-10-15(20)17(27(4)25-10)18(29)24-16-11(2)26-28(12(16)3)9-13-6-5-7-14(8-13)19(21,22)23/h5-8H,9H2,1-4H3,(H,24,29). The molecular formula is C19H19BrF3N5O. The molecule has 0 bridgehead atoms. The zero-order chi connectivity index (χ0) is 21.5. The van der Waals surface area contributed by atoms with E-state index in [2.05, 4.69) is 31.4 Å². The van der Waals surface area contributed by atoms with E-state index >= 15 is 0 Å². The van der Waals surface area contributed by atoms with Gasteiger partial charge < -0.3 is 5.32 Å². The van der Waals surface area contributed by atoms with Gasteiger partial charge in [0.2, 0.25) is 0 Å². The van der Waals surface area contributed by atoms with Gasteiger partial charge in [-0.25, -0.2) is 0 Å². The molecule has 6 nitrogen and oxygen atoms in total. The maximum atomic E-state index is 12.9. The van der Waals surface area contributed by atoms with Gasteiger partial charge in [0.1, 0.15) is 5.69 Å². The van der Waals surface area contributed by atoms with Crippen molar-refractivity contribution in [2.45, 2.75) is 33.5 Å². The summed E-state index contributed by atoms with van der Waals surface area (Å²) in [7, 11) is 1.67. The Morgan fingerprint density at radius 3 is 2.45 bits per heavy atom. The van der Waals surface area contributed by atoms with Gasteiger partial charge in [-0.2, -0.15) is 23.4 Å². The fourth-order valence-corrected chi connectivity index (χ4v) is 3.62. The van der Waals surface area contributed by atoms with Crippen molar-refractivity contribution in [2.75, 3.05) is 5.32 Å². The molecule has 0 aliphatic heterocycles. The highest BCUT2D eigenvalue weighted by atomic mass is 79.9. The van der Waals surface area contributed by atoms with Crippen molar-refractivity contribution in [2.24, 2.45) is 7.05 Å². The molecule has 1 amide bonds. The number of hydrogen-bond donors (Lipinski definition) is 1. The SMILES string of the molecule is Cc1nn(C)c(C(=O)Nc2c(C)nn(Cc3cccc(C(F)(F)F)c3)c2C)c1Br. The van der Waals surface area contributed by atoms with Gasteiger partial charge in [0.25, 0.3) is 5.91 Å². The number of halogens is 4. The number of anilines is 1. The van der Waals surface area contributed by atoms with Gasteiger partial charge in [0, 0.05) is 7.05 Å². The fourth-order valence-electron chi connectivity index (χ4n) is 3.10. The van der Waals surface area contributed by atoms with Crippen LogP contribution in [0.15, 0.2) is 28.7 Å². The first kappa shape index (κ1) is 21.1. The molecule has 3 aromatic rings. The van der Waals surface area contributed by atoms with Crippen molar-refractivity contribution in [3.8, 4) is 0 Å². The minimum atomic E-state index is -4.40. The summed E-state index contributed by atoms with van der Waals surface area (Å²) in [6.07, 6.45) is -4.40. The van der Waals surface area contributed by atoms with E-state index in [9.17, 15) is 18.0 Å². The molecule has 0 atom stereocenters. The predicted molar refractivity (Wildman–Crippen MR) is 106 cm³/mol. The van der Waals surface area contributed by atoms with Crippen LogP contribution in [0, 0.1) is 20.8 Å². The second-order valence-electron chi connectivity index (χ2n) is 6.73. The van der Waals surface area contributed by atoms with Crippen LogP contribution in [-0.4, -0.2) is 25.5 Å². The lowest BCUT2D eigenvalue weighted by atomic mass is 10.1. The largest absolute Gasteiger partial charge is 0.416 e. The molecule has 0 unspecified atom stereocenters. The van der Waals surface area contributed by atoms with E-state index in [0.717, 1.165) is 12.1 Å². The minimum absolute atomic E-state index is 0.154. The Kier molecular flexibility index (Phi) is 5.57. The number of amides is 1. The molecule has 0 saturated heterocycles. The second-order valence-corrected chi connectivity index (χ2v) is 7.52. The Morgan fingerprint density at radius 2 is 1.86 bits per heavy atom. The molecule has 154 valence electrons. The Bertz CT molecular complexity index is 1080. The lowest BCUT2D eigenvalue weighted by Gasteiger charge is -2.10. The van der Waals surface area contributed by atoms with Gasteiger partial charge in [-0.05, 0) is 54.4 Å². The van der Waals surface area contributed by atoms with Crippen molar-refractivity contribution < 1.29 is 18.0 Å². The summed E-state index contributed by atoms with van der Waals surface area (Å²) < 4.78 is 42.5. The highest BCUT2D eigenvalue weighted by molar-refractivity contribution is 9.10. The van der Waals surface area contributed by atoms with Crippen LogP contribution in [0.3, 0.4) is 0 Å². The zero-order valence-electron chi connectivity index (χ0n) is 16.2. The first-order valence-electron chi connectivity index (χ1n) is 8.69. The number of aromatic nitrogens is 4. The van der Waals surface area contributed by atoms with Crippen LogP contribution in [0.5, 0.6) is 0 Å². The number of nitrogens with one attached hydrogen (secondary N) is 1. The zero-order valence-corrected chi connectivity index (χ0v) is 17.8. The third kappa shape index (κ3) is 4.21. The van der Waals surface area contributed by atoms with Gasteiger partial charge in [-0.15, -0.1) is 0 Å². The number of rotatable bonds is 4. The third-order valence-electron chi connectivity index (χ3n) is 4.57. The molecule has 10 heteroatoms. The van der Waals surface area contributed by atoms with E-state index in [1.165, 1.54) is 10.7 Å². The quantitative estimate of drug-likeness (QED) is 0.605. The lowest BCUT2D eigenvalue weighted by molar-refractivity contribution is -0.137. The topological polar surface area (TPSA) is 64.7 Å². The van der Waals surface area contributed by atoms with Crippen LogP contribution in [0.1, 0.15) is 38.7 Å². The number of aryl methyl sites for hydroxylation is 3. The average Bonchev–Trinajstić information content (AvgIpc) is 3.03. The normalized spacial score (nSPS) is 11.7. The van der Waals surface area contributed by atoms with Crippen molar-refractivity contribution in [3.05, 3.63) is 62.6 Å². The predicted octanol–water partition coefficient (Wildman–Crippen LogP) is 4.62. The summed E-state index contributed by atoms with van der Waals surface area (Å²) >= 11 is 3.37. The maximum Gasteiger partial charge on any atom is 0.416 e. The second kappa shape index (κ2) is 7.66. The molecule has 0 fully saturated rings. The number of carbonyl (C=O) groups is 1. The molecule has 0 aliphatic carbocycles. The molecule has 29 heavy (non-hydrogen) atoms. The smallest absolute Gasteiger partial charge is 0.317 e. The van der Waals surface area contributed by atoms with E-state index in [0.29, 0.717) is 38.5 Å². The highest BCUT2D eigenvalue weighted by Crippen LogP contribution is 2.30. The van der Waals surface area contributed by atoms with Crippen LogP contribution < -0.4 is 5.32 Å². The molecule has 1 N–H and O–H groups in total. The number of nitrogens with zero attached hydrogens (tertiary/aromatic N) is 4. The molecule has 2 aromatic heterocycles. The van der Waals surface area contributed by atoms with Crippen LogP contribution in [-0.2, 0) is 19.8 Å². The van der Waals surface area contributed by atoms with E-state index < -0.39 is 11.7 Å².